The second-order valence-electron chi connectivity index (χ2n) is 13.2. The molecule has 4 nitrogen and oxygen atoms in total. The Hall–Kier alpha value is -7.43. The van der Waals surface area contributed by atoms with Gasteiger partial charge < -0.3 is 4.42 Å². The average Bonchev–Trinajstić information content (AvgIpc) is 3.70. The van der Waals surface area contributed by atoms with Crippen molar-refractivity contribution in [3.05, 3.63) is 200 Å². The van der Waals surface area contributed by atoms with Gasteiger partial charge in [-0.05, 0) is 69.3 Å². The maximum absolute atomic E-state index is 8.94. The van der Waals surface area contributed by atoms with Gasteiger partial charge in [-0.15, -0.1) is 0 Å². The molecule has 0 fully saturated rings. The predicted octanol–water partition coefficient (Wildman–Crippen LogP) is 13.4. The van der Waals surface area contributed by atoms with Crippen LogP contribution in [0.2, 0.25) is 0 Å². The molecule has 0 spiro atoms. The molecule has 8 aromatic carbocycles. The van der Waals surface area contributed by atoms with E-state index in [1.165, 1.54) is 0 Å². The number of aromatic nitrogens is 3. The van der Waals surface area contributed by atoms with Crippen molar-refractivity contribution in [2.45, 2.75) is 0 Å². The molecule has 0 N–H and O–H groups in total. The Balaban J connectivity index is 1.25. The van der Waals surface area contributed by atoms with E-state index in [9.17, 15) is 0 Å². The summed E-state index contributed by atoms with van der Waals surface area (Å²) >= 11 is 0. The van der Waals surface area contributed by atoms with Crippen molar-refractivity contribution in [1.29, 1.82) is 0 Å². The van der Waals surface area contributed by atoms with Crippen LogP contribution in [-0.4, -0.2) is 15.0 Å². The Morgan fingerprint density at radius 1 is 0.364 bits per heavy atom. The lowest BCUT2D eigenvalue weighted by molar-refractivity contribution is 0.670. The van der Waals surface area contributed by atoms with Crippen LogP contribution in [-0.2, 0) is 0 Å². The van der Waals surface area contributed by atoms with E-state index in [1.807, 2.05) is 121 Å². The highest BCUT2D eigenvalue weighted by molar-refractivity contribution is 6.16. The standard InChI is InChI=1S/C51H33N3O/c1-5-16-34(17-6-1)38-24-13-26-40(30-38)49-52-50(41-27-14-25-39(31-41)35-18-7-2-8-19-35)54-51(53-49)43-28-15-29-46-47(43)45-33-42(36-20-9-3-10-21-36)32-44(48(45)55-46)37-22-11-4-12-23-37/h1-33H/i4D,11D,12D,22D,23D. The van der Waals surface area contributed by atoms with Crippen molar-refractivity contribution in [2.24, 2.45) is 0 Å². The first-order chi connectivity index (χ1) is 29.3. The van der Waals surface area contributed by atoms with Gasteiger partial charge in [0, 0.05) is 33.0 Å². The molecule has 0 amide bonds. The van der Waals surface area contributed by atoms with Crippen LogP contribution in [0.25, 0.3) is 101 Å². The predicted molar refractivity (Wildman–Crippen MR) is 225 cm³/mol. The largest absolute Gasteiger partial charge is 0.455 e. The molecule has 55 heavy (non-hydrogen) atoms. The number of nitrogens with zero attached hydrogens (tertiary/aromatic N) is 3. The van der Waals surface area contributed by atoms with Crippen LogP contribution in [0.4, 0.5) is 0 Å². The smallest absolute Gasteiger partial charge is 0.164 e. The molecule has 258 valence electrons. The van der Waals surface area contributed by atoms with Crippen molar-refractivity contribution < 1.29 is 11.3 Å². The van der Waals surface area contributed by atoms with Gasteiger partial charge in [0.25, 0.3) is 0 Å². The third kappa shape index (κ3) is 6.16. The fraction of sp³-hybridized carbons (Fsp3) is 0. The van der Waals surface area contributed by atoms with Crippen LogP contribution in [0.3, 0.4) is 0 Å². The lowest BCUT2D eigenvalue weighted by atomic mass is 9.95. The summed E-state index contributed by atoms with van der Waals surface area (Å²) in [5.41, 5.74) is 9.56. The minimum absolute atomic E-state index is 0.0608. The summed E-state index contributed by atoms with van der Waals surface area (Å²) in [7, 11) is 0. The van der Waals surface area contributed by atoms with Crippen molar-refractivity contribution in [1.82, 2.24) is 15.0 Å². The van der Waals surface area contributed by atoms with Crippen LogP contribution in [0, 0.1) is 0 Å². The topological polar surface area (TPSA) is 51.8 Å². The number of hydrogen-bond donors (Lipinski definition) is 0. The van der Waals surface area contributed by atoms with Gasteiger partial charge in [-0.1, -0.05) is 170 Å². The Kier molecular flexibility index (Phi) is 6.85. The molecule has 0 saturated carbocycles. The van der Waals surface area contributed by atoms with E-state index in [0.29, 0.717) is 45.2 Å². The fourth-order valence-corrected chi connectivity index (χ4v) is 7.17. The van der Waals surface area contributed by atoms with Gasteiger partial charge in [0.05, 0.1) is 6.85 Å². The molecule has 0 radical (unpaired) electrons. The minimum Gasteiger partial charge on any atom is -0.455 e. The number of hydrogen-bond acceptors (Lipinski definition) is 4. The Morgan fingerprint density at radius 2 is 0.855 bits per heavy atom. The van der Waals surface area contributed by atoms with Gasteiger partial charge in [-0.3, -0.25) is 0 Å². The summed E-state index contributed by atoms with van der Waals surface area (Å²) in [6, 6.07) is 54.1. The first kappa shape index (κ1) is 27.2. The van der Waals surface area contributed by atoms with Crippen molar-refractivity contribution >= 4 is 21.9 Å². The van der Waals surface area contributed by atoms with E-state index < -0.39 is 18.1 Å². The molecule has 10 aromatic rings. The maximum atomic E-state index is 8.94. The molecule has 0 bridgehead atoms. The lowest BCUT2D eigenvalue weighted by Crippen LogP contribution is -2.00. The average molecular weight is 709 g/mol. The molecular formula is C51H33N3O. The monoisotopic (exact) mass is 708 g/mol. The summed E-state index contributed by atoms with van der Waals surface area (Å²) in [5.74, 6) is 1.41. The van der Waals surface area contributed by atoms with Gasteiger partial charge in [-0.25, -0.2) is 15.0 Å². The quantitative estimate of drug-likeness (QED) is 0.165. The molecule has 4 heteroatoms. The second-order valence-corrected chi connectivity index (χ2v) is 13.2. The summed E-state index contributed by atoms with van der Waals surface area (Å²) < 4.78 is 49.9. The van der Waals surface area contributed by atoms with E-state index in [2.05, 4.69) is 48.5 Å². The van der Waals surface area contributed by atoms with Gasteiger partial charge in [-0.2, -0.15) is 0 Å². The molecule has 0 aliphatic rings. The van der Waals surface area contributed by atoms with Crippen LogP contribution in [0.5, 0.6) is 0 Å². The third-order valence-electron chi connectivity index (χ3n) is 9.81. The summed E-state index contributed by atoms with van der Waals surface area (Å²) in [4.78, 5) is 15.5. The molecule has 0 aliphatic heterocycles. The first-order valence-electron chi connectivity index (χ1n) is 20.5. The van der Waals surface area contributed by atoms with E-state index in [1.54, 1.807) is 0 Å². The molecule has 0 aliphatic carbocycles. The van der Waals surface area contributed by atoms with Crippen molar-refractivity contribution in [2.75, 3.05) is 0 Å². The second kappa shape index (κ2) is 13.8. The lowest BCUT2D eigenvalue weighted by Gasteiger charge is -2.11. The Labute approximate surface area is 326 Å². The molecule has 0 saturated heterocycles. The number of furan rings is 1. The summed E-state index contributed by atoms with van der Waals surface area (Å²) in [5, 5.41) is 1.41. The summed E-state index contributed by atoms with van der Waals surface area (Å²) in [6.07, 6.45) is 0. The minimum atomic E-state index is -0.457. The third-order valence-corrected chi connectivity index (χ3v) is 9.81. The first-order valence-corrected chi connectivity index (χ1v) is 18.0. The van der Waals surface area contributed by atoms with Crippen LogP contribution < -0.4 is 0 Å². The highest BCUT2D eigenvalue weighted by Gasteiger charge is 2.21. The molecule has 0 unspecified atom stereocenters. The molecule has 0 atom stereocenters. The Bertz CT molecular complexity index is 3130. The van der Waals surface area contributed by atoms with Crippen molar-refractivity contribution in [3.63, 3.8) is 0 Å². The Morgan fingerprint density at radius 3 is 1.44 bits per heavy atom. The van der Waals surface area contributed by atoms with Gasteiger partial charge in [0.15, 0.2) is 17.5 Å². The van der Waals surface area contributed by atoms with Crippen LogP contribution in [0.15, 0.2) is 204 Å². The molecular weight excluding hydrogens is 671 g/mol. The SMILES string of the molecule is [2H]c1c([2H])c([2H])c(-c2cc(-c3ccccc3)cc3c2oc2cccc(-c4nc(-c5cccc(-c6ccccc6)c5)nc(-c5cccc(-c6ccccc6)c5)n4)c23)c([2H])c1[2H]. The van der Waals surface area contributed by atoms with E-state index in [-0.39, 0.29) is 17.6 Å². The van der Waals surface area contributed by atoms with Crippen molar-refractivity contribution in [3.8, 4) is 78.7 Å². The van der Waals surface area contributed by atoms with E-state index in [0.717, 1.165) is 49.9 Å². The van der Waals surface area contributed by atoms with Crippen LogP contribution >= 0.6 is 0 Å². The van der Waals surface area contributed by atoms with Gasteiger partial charge in [0.2, 0.25) is 0 Å². The summed E-state index contributed by atoms with van der Waals surface area (Å²) in [6.45, 7) is 0. The number of fused-ring (bicyclic) bond motifs is 3. The van der Waals surface area contributed by atoms with Crippen LogP contribution in [0.1, 0.15) is 6.85 Å². The number of rotatable bonds is 7. The normalized spacial score (nSPS) is 12.5. The maximum Gasteiger partial charge on any atom is 0.164 e. The van der Waals surface area contributed by atoms with Gasteiger partial charge >= 0.3 is 0 Å². The molecule has 2 heterocycles. The highest BCUT2D eigenvalue weighted by atomic mass is 16.3. The highest BCUT2D eigenvalue weighted by Crippen LogP contribution is 2.43. The zero-order valence-corrected chi connectivity index (χ0v) is 29.4. The molecule has 10 rings (SSSR count). The zero-order valence-electron chi connectivity index (χ0n) is 34.4. The van der Waals surface area contributed by atoms with E-state index in [4.69, 9.17) is 26.2 Å². The van der Waals surface area contributed by atoms with E-state index >= 15 is 0 Å². The van der Waals surface area contributed by atoms with Gasteiger partial charge in [0.1, 0.15) is 11.2 Å². The fourth-order valence-electron chi connectivity index (χ4n) is 7.17. The zero-order chi connectivity index (χ0) is 40.9. The number of benzene rings is 8. The molecule has 2 aromatic heterocycles.